The molecule has 41 nitrogen and oxygen atoms in total. The molecule has 0 unspecified atom stereocenters. The van der Waals surface area contributed by atoms with Crippen molar-refractivity contribution in [2.24, 2.45) is 35.3 Å². The molecule has 0 fully saturated rings. The lowest BCUT2D eigenvalue weighted by Gasteiger charge is -2.18. The molecule has 52 heteroatoms. The molecule has 10 atom stereocenters. The Morgan fingerprint density at radius 1 is 0.362 bits per heavy atom. The highest BCUT2D eigenvalue weighted by atomic mass is 32.1. The van der Waals surface area contributed by atoms with E-state index in [1.54, 1.807) is 18.2 Å². The molecule has 0 aliphatic heterocycles. The summed E-state index contributed by atoms with van der Waals surface area (Å²) in [5.41, 5.74) is 16.5. The Bertz CT molecular complexity index is 4830. The second-order valence-corrected chi connectivity index (χ2v) is 32.6. The summed E-state index contributed by atoms with van der Waals surface area (Å²) in [6.07, 6.45) is -6.88. The van der Waals surface area contributed by atoms with Crippen molar-refractivity contribution >= 4 is 282 Å². The number of nitrogens with two attached hydrogens (primary N) is 2. The molecule has 1 aromatic heterocycles. The zero-order chi connectivity index (χ0) is 97.7. The first-order valence-electron chi connectivity index (χ1n) is 43.1. The number of anilines is 1. The first-order chi connectivity index (χ1) is 61.8. The van der Waals surface area contributed by atoms with Crippen LogP contribution in [-0.4, -0.2) is 227 Å². The molecule has 0 saturated carbocycles. The van der Waals surface area contributed by atoms with E-state index in [9.17, 15) is 156 Å². The van der Waals surface area contributed by atoms with Gasteiger partial charge in [0.2, 0.25) is 35.4 Å². The van der Waals surface area contributed by atoms with Gasteiger partial charge in [0.05, 0.1) is 46.5 Å². The fourth-order valence-electron chi connectivity index (χ4n) is 14.4. The Morgan fingerprint density at radius 2 is 0.702 bits per heavy atom. The van der Waals surface area contributed by atoms with Gasteiger partial charge in [-0.1, -0.05) is 99.0 Å². The van der Waals surface area contributed by atoms with Crippen LogP contribution in [0.2, 0.25) is 0 Å². The lowest BCUT2D eigenvalue weighted by atomic mass is 9.93. The summed E-state index contributed by atoms with van der Waals surface area (Å²) in [6, 6.07) is 9.13. The first kappa shape index (κ1) is 144. The number of carbonyl (C=O) groups excluding carboxylic acids is 12. The maximum absolute atomic E-state index is 14.3. The molecule has 796 valence electrons. The number of amides is 5. The van der Waals surface area contributed by atoms with Gasteiger partial charge < -0.3 is 89.1 Å². The maximum Gasteiger partial charge on any atom is 0.326 e. The molecule has 0 radical (unpaired) electrons. The van der Waals surface area contributed by atoms with Crippen LogP contribution in [0, 0.1) is 42.3 Å². The normalized spacial score (nSPS) is 12.5. The van der Waals surface area contributed by atoms with Crippen LogP contribution in [0.15, 0.2) is 60.7 Å². The van der Waals surface area contributed by atoms with Gasteiger partial charge in [0.1, 0.15) is 58.9 Å². The quantitative estimate of drug-likeness (QED) is 0.0193. The van der Waals surface area contributed by atoms with Crippen LogP contribution in [0.1, 0.15) is 240 Å². The molecule has 0 aliphatic rings. The minimum Gasteiger partial charge on any atom is -0.481 e. The SMILES string of the molecule is Cc1ccc(F)c(CC(=O)Cc2ccc(-c3cccc4c3c(N)nn4C(=O)CCCCCCCCCCCNC(=O)C[C@H](N)C(=O)C[C@@H](CCC(=O)N[C@@H](CCC(=O)C[C@@H](CCC(=O)N[C@@H](CCC(=O)C[C@@H](CCC(=O)N[C@@H](CCC(=O)C[C@@H](CCC(=O)N[C@@H](CCC(=O)C[C@@H](CCC(=O)O)C(=O)O)C(=O)O)C(=O)O)C(=O)O)C(=O)O)C(=O)O)C(=O)O)C(=O)O)C(=O)O)cc2)c1.S.S.S.S.S.S.S.S.S.S. The molecule has 141 heavy (non-hydrogen) atoms. The zero-order valence-electron chi connectivity index (χ0n) is 77.6. The Morgan fingerprint density at radius 3 is 1.05 bits per heavy atom. The van der Waals surface area contributed by atoms with Gasteiger partial charge in [-0.2, -0.15) is 140 Å². The van der Waals surface area contributed by atoms with Gasteiger partial charge in [-0.3, -0.25) is 86.3 Å². The summed E-state index contributed by atoms with van der Waals surface area (Å²) >= 11 is 0. The number of aliphatic carboxylic acids is 10. The van der Waals surface area contributed by atoms with Crippen molar-refractivity contribution in [3.8, 4) is 11.1 Å². The molecule has 0 aliphatic carbocycles. The van der Waals surface area contributed by atoms with Crippen LogP contribution >= 0.6 is 135 Å². The second kappa shape index (κ2) is 75.8. The third-order valence-corrected chi connectivity index (χ3v) is 22.0. The molecule has 1 heterocycles. The molecule has 3 aromatic carbocycles. The average molecular weight is 2180 g/mol. The number of nitrogen functional groups attached to an aromatic ring is 1. The molecular weight excluding hydrogens is 2050 g/mol. The Kier molecular flexibility index (Phi) is 77.4. The summed E-state index contributed by atoms with van der Waals surface area (Å²) in [5, 5.41) is 113. The van der Waals surface area contributed by atoms with E-state index in [0.29, 0.717) is 29.3 Å². The largest absolute Gasteiger partial charge is 0.481 e. The number of nitrogens with one attached hydrogen (secondary N) is 5. The lowest BCUT2D eigenvalue weighted by Crippen LogP contribution is -2.42. The van der Waals surface area contributed by atoms with E-state index in [-0.39, 0.29) is 185 Å². The number of carbonyl (C=O) groups is 22. The Balaban J connectivity index is -0.00000359. The number of nitrogens with zero attached hydrogens (tertiary/aromatic N) is 2. The minimum absolute atomic E-state index is 0. The minimum atomic E-state index is -1.81. The van der Waals surface area contributed by atoms with Crippen molar-refractivity contribution in [3.05, 3.63) is 83.2 Å². The van der Waals surface area contributed by atoms with Gasteiger partial charge in [0.25, 0.3) is 0 Å². The van der Waals surface area contributed by atoms with Gasteiger partial charge in [-0.05, 0) is 112 Å². The van der Waals surface area contributed by atoms with Crippen LogP contribution in [0.3, 0.4) is 0 Å². The third kappa shape index (κ3) is 56.1. The van der Waals surface area contributed by atoms with Gasteiger partial charge in [0.15, 0.2) is 11.6 Å². The third-order valence-electron chi connectivity index (χ3n) is 22.0. The average Bonchev–Trinajstić information content (AvgIpc) is 1.62. The van der Waals surface area contributed by atoms with E-state index < -0.39 is 331 Å². The van der Waals surface area contributed by atoms with Crippen LogP contribution in [0.25, 0.3) is 22.0 Å². The van der Waals surface area contributed by atoms with E-state index >= 15 is 0 Å². The van der Waals surface area contributed by atoms with E-state index in [1.165, 1.54) is 10.7 Å². The highest BCUT2D eigenvalue weighted by Gasteiger charge is 2.34. The topological polar surface area (TPSA) is 708 Å². The highest BCUT2D eigenvalue weighted by Crippen LogP contribution is 2.34. The van der Waals surface area contributed by atoms with E-state index in [0.717, 1.165) is 67.2 Å². The van der Waals surface area contributed by atoms with E-state index in [2.05, 4.69) is 31.7 Å². The number of aryl methyl sites for hydroxylation is 1. The lowest BCUT2D eigenvalue weighted by molar-refractivity contribution is -0.146. The van der Waals surface area contributed by atoms with E-state index in [4.69, 9.17) is 16.6 Å². The fourth-order valence-corrected chi connectivity index (χ4v) is 14.4. The number of aromatic nitrogens is 2. The molecule has 0 bridgehead atoms. The molecule has 0 saturated heterocycles. The van der Waals surface area contributed by atoms with Crippen molar-refractivity contribution in [1.82, 2.24) is 36.4 Å². The summed E-state index contributed by atoms with van der Waals surface area (Å²) in [6.45, 7) is 2.12. The molecular formula is C89H136FN9O32S10. The standard InChI is InChI=1S/C89H116FN9O32.10H2S/c1-49-15-29-64(90)57(40-49)46-62(104)41-50-16-18-51(19-17-50)63-12-11-13-70-79(63)80(92)98-99(70)77(111)14-9-7-5-3-2-4-6-8-10-39-93-76(110)48-65(91)71(105)47-56(85(122)123)23-37-75(109)97-69(89(130)131)32-27-60(102)44-54(83(118)119)21-35-73(107)95-67(87(126)127)30-25-58(100)42-52(81(114)115)20-34-72(106)94-66(86(124)125)31-26-59(101)43-53(82(116)117)22-36-74(108)96-68(88(128)129)33-28-61(103)45-55(84(120)121)24-38-78(112)113;;;;;;;;;;/h11-13,15-19,29,40,52-56,65-69H,2-10,14,20-28,30-39,41-48,91H2,1H3,(H2,92,98)(H,93,110)(H,94,106)(H,95,107)(H,96,108)(H,97,109)(H,112,113)(H,114,115)(H,116,117)(H,118,119)(H,120,121)(H,122,123)(H,124,125)(H,126,127)(H,128,129)(H,130,131);10*1H2/t52-,53-,54-,55-,56-,65+,66+,67+,68+,69+;;;;;;;;;;/m1........../s1. The number of benzene rings is 3. The molecule has 19 N–H and O–H groups in total. The number of ketones is 6. The van der Waals surface area contributed by atoms with Crippen LogP contribution in [-0.2, 0) is 114 Å². The van der Waals surface area contributed by atoms with Crippen molar-refractivity contribution < 1.29 is 161 Å². The monoisotopic (exact) mass is 2180 g/mol. The summed E-state index contributed by atoms with van der Waals surface area (Å²) in [4.78, 5) is 273. The number of carboxylic acid groups (broad SMARTS) is 10. The smallest absolute Gasteiger partial charge is 0.326 e. The van der Waals surface area contributed by atoms with Gasteiger partial charge >= 0.3 is 59.7 Å². The number of hydrogen-bond donors (Lipinski definition) is 17. The number of Topliss-reactive ketones (excluding diaryl/α,β-unsaturated/α-hetero) is 6. The number of rotatable bonds is 70. The summed E-state index contributed by atoms with van der Waals surface area (Å²) in [5.74, 6) is -32.6. The predicted molar refractivity (Wildman–Crippen MR) is 562 cm³/mol. The van der Waals surface area contributed by atoms with Gasteiger partial charge in [-0.25, -0.2) is 23.6 Å². The number of unbranched alkanes of at least 4 members (excludes halogenated alkanes) is 8. The van der Waals surface area contributed by atoms with E-state index in [1.807, 2.05) is 43.3 Å². The maximum atomic E-state index is 14.3. The fraction of sp³-hybridized carbons (Fsp3) is 0.539. The highest BCUT2D eigenvalue weighted by molar-refractivity contribution is 7.60. The molecule has 5 amide bonds. The van der Waals surface area contributed by atoms with Crippen LogP contribution in [0.4, 0.5) is 10.2 Å². The summed E-state index contributed by atoms with van der Waals surface area (Å²) in [7, 11) is 0. The molecule has 4 rings (SSSR count). The van der Waals surface area contributed by atoms with Gasteiger partial charge in [-0.15, -0.1) is 5.10 Å². The van der Waals surface area contributed by atoms with Gasteiger partial charge in [0, 0.05) is 122 Å². The predicted octanol–water partition coefficient (Wildman–Crippen LogP) is 7.27. The second-order valence-electron chi connectivity index (χ2n) is 32.6. The number of halogens is 1. The first-order valence-corrected chi connectivity index (χ1v) is 43.1. The molecule has 4 aromatic rings. The summed E-state index contributed by atoms with van der Waals surface area (Å²) < 4.78 is 15.6. The van der Waals surface area contributed by atoms with Crippen molar-refractivity contribution in [2.75, 3.05) is 12.3 Å². The van der Waals surface area contributed by atoms with Crippen LogP contribution < -0.4 is 38.1 Å². The van der Waals surface area contributed by atoms with Crippen LogP contribution in [0.5, 0.6) is 0 Å². The number of carboxylic acids is 10. The molecule has 0 spiro atoms. The Labute approximate surface area is 882 Å². The van der Waals surface area contributed by atoms with Crippen molar-refractivity contribution in [2.45, 2.75) is 268 Å². The number of hydrogen-bond acceptors (Lipinski definition) is 25. The number of fused-ring (bicyclic) bond motifs is 1. The Hall–Kier alpha value is -9.94. The van der Waals surface area contributed by atoms with Crippen molar-refractivity contribution in [3.63, 3.8) is 0 Å². The van der Waals surface area contributed by atoms with Crippen molar-refractivity contribution in [1.29, 1.82) is 0 Å². The zero-order valence-corrected chi connectivity index (χ0v) is 87.6.